The van der Waals surface area contributed by atoms with E-state index >= 15 is 0 Å². The zero-order valence-corrected chi connectivity index (χ0v) is 14.1. The highest BCUT2D eigenvalue weighted by Gasteiger charge is 2.22. The predicted octanol–water partition coefficient (Wildman–Crippen LogP) is 3.34. The number of carbonyl (C=O) groups is 1. The van der Waals surface area contributed by atoms with Crippen LogP contribution in [-0.4, -0.2) is 48.4 Å². The Labute approximate surface area is 136 Å². The van der Waals surface area contributed by atoms with E-state index in [1.165, 1.54) is 0 Å². The van der Waals surface area contributed by atoms with E-state index in [0.29, 0.717) is 16.0 Å². The normalized spacial score (nSPS) is 16.5. The van der Waals surface area contributed by atoms with Gasteiger partial charge in [-0.1, -0.05) is 43.1 Å². The Morgan fingerprint density at radius 3 is 2.24 bits per heavy atom. The summed E-state index contributed by atoms with van der Waals surface area (Å²) in [6, 6.07) is 5.34. The Kier molecular flexibility index (Phi) is 5.91. The first-order valence-electron chi connectivity index (χ1n) is 7.40. The second-order valence-corrected chi connectivity index (χ2v) is 6.77. The monoisotopic (exact) mass is 328 g/mol. The number of piperazine rings is 1. The van der Waals surface area contributed by atoms with Gasteiger partial charge < -0.3 is 4.90 Å². The molecule has 1 aliphatic rings. The molecule has 0 N–H and O–H groups in total. The van der Waals surface area contributed by atoms with Crippen molar-refractivity contribution in [3.05, 3.63) is 33.8 Å². The van der Waals surface area contributed by atoms with Crippen molar-refractivity contribution in [2.75, 3.05) is 32.7 Å². The zero-order valence-electron chi connectivity index (χ0n) is 12.6. The van der Waals surface area contributed by atoms with Gasteiger partial charge in [0.25, 0.3) is 0 Å². The van der Waals surface area contributed by atoms with Gasteiger partial charge in [-0.2, -0.15) is 0 Å². The van der Waals surface area contributed by atoms with E-state index in [0.717, 1.165) is 38.3 Å². The summed E-state index contributed by atoms with van der Waals surface area (Å²) in [5.74, 6) is 0.767. The van der Waals surface area contributed by atoms with Crippen molar-refractivity contribution in [1.82, 2.24) is 9.80 Å². The molecule has 1 saturated heterocycles. The van der Waals surface area contributed by atoms with Crippen LogP contribution in [-0.2, 0) is 11.2 Å². The van der Waals surface area contributed by atoms with Gasteiger partial charge in [0.15, 0.2) is 0 Å². The minimum atomic E-state index is 0.106. The summed E-state index contributed by atoms with van der Waals surface area (Å²) in [5, 5.41) is 1.13. The van der Waals surface area contributed by atoms with Gasteiger partial charge in [0.2, 0.25) is 5.91 Å². The fourth-order valence-electron chi connectivity index (χ4n) is 2.66. The van der Waals surface area contributed by atoms with Gasteiger partial charge in [-0.05, 0) is 23.6 Å². The van der Waals surface area contributed by atoms with Crippen LogP contribution in [0.3, 0.4) is 0 Å². The molecule has 0 bridgehead atoms. The van der Waals surface area contributed by atoms with Crippen LogP contribution in [0.4, 0.5) is 0 Å². The molecule has 1 heterocycles. The molecule has 1 amide bonds. The minimum Gasteiger partial charge on any atom is -0.340 e. The molecule has 1 aliphatic heterocycles. The smallest absolute Gasteiger partial charge is 0.227 e. The number of nitrogens with zero attached hydrogens (tertiary/aromatic N) is 2. The fourth-order valence-corrected chi connectivity index (χ4v) is 3.19. The predicted molar refractivity (Wildman–Crippen MR) is 88.0 cm³/mol. The highest BCUT2D eigenvalue weighted by molar-refractivity contribution is 6.36. The van der Waals surface area contributed by atoms with Gasteiger partial charge in [0.05, 0.1) is 6.42 Å². The maximum absolute atomic E-state index is 12.4. The summed E-state index contributed by atoms with van der Waals surface area (Å²) in [5.41, 5.74) is 0.732. The van der Waals surface area contributed by atoms with Crippen molar-refractivity contribution in [3.8, 4) is 0 Å². The lowest BCUT2D eigenvalue weighted by molar-refractivity contribution is -0.132. The minimum absolute atomic E-state index is 0.106. The van der Waals surface area contributed by atoms with Crippen LogP contribution >= 0.6 is 23.2 Å². The van der Waals surface area contributed by atoms with Crippen LogP contribution in [0.5, 0.6) is 0 Å². The zero-order chi connectivity index (χ0) is 15.4. The number of halogens is 2. The van der Waals surface area contributed by atoms with Crippen LogP contribution < -0.4 is 0 Å². The number of hydrogen-bond donors (Lipinski definition) is 0. The van der Waals surface area contributed by atoms with E-state index in [9.17, 15) is 4.79 Å². The Morgan fingerprint density at radius 1 is 1.14 bits per heavy atom. The van der Waals surface area contributed by atoms with Gasteiger partial charge in [-0.3, -0.25) is 9.69 Å². The van der Waals surface area contributed by atoms with Gasteiger partial charge in [0.1, 0.15) is 0 Å². The highest BCUT2D eigenvalue weighted by atomic mass is 35.5. The molecule has 0 unspecified atom stereocenters. The standard InChI is InChI=1S/C16H22Cl2N2O/c1-12(2)11-19-6-8-20(9-7-19)16(21)10-13-14(17)4-3-5-15(13)18/h3-5,12H,6-11H2,1-2H3. The molecule has 0 spiro atoms. The molecule has 21 heavy (non-hydrogen) atoms. The van der Waals surface area contributed by atoms with Crippen molar-refractivity contribution >= 4 is 29.1 Å². The van der Waals surface area contributed by atoms with Crippen molar-refractivity contribution < 1.29 is 4.79 Å². The first-order chi connectivity index (χ1) is 9.97. The molecule has 1 aromatic rings. The third-order valence-electron chi connectivity index (χ3n) is 3.74. The third-order valence-corrected chi connectivity index (χ3v) is 4.45. The first-order valence-corrected chi connectivity index (χ1v) is 8.16. The molecule has 0 saturated carbocycles. The highest BCUT2D eigenvalue weighted by Crippen LogP contribution is 2.25. The summed E-state index contributed by atoms with van der Waals surface area (Å²) >= 11 is 12.3. The molecular formula is C16H22Cl2N2O. The second-order valence-electron chi connectivity index (χ2n) is 5.95. The van der Waals surface area contributed by atoms with Crippen LogP contribution in [0, 0.1) is 5.92 Å². The topological polar surface area (TPSA) is 23.6 Å². The summed E-state index contributed by atoms with van der Waals surface area (Å²) < 4.78 is 0. The summed E-state index contributed by atoms with van der Waals surface area (Å²) in [6.07, 6.45) is 0.280. The molecule has 0 atom stereocenters. The average molecular weight is 329 g/mol. The maximum atomic E-state index is 12.4. The van der Waals surface area contributed by atoms with Crippen LogP contribution in [0.1, 0.15) is 19.4 Å². The summed E-state index contributed by atoms with van der Waals surface area (Å²) in [7, 11) is 0. The molecule has 2 rings (SSSR count). The van der Waals surface area contributed by atoms with Crippen molar-refractivity contribution in [2.24, 2.45) is 5.92 Å². The van der Waals surface area contributed by atoms with Crippen molar-refractivity contribution in [2.45, 2.75) is 20.3 Å². The SMILES string of the molecule is CC(C)CN1CCN(C(=O)Cc2c(Cl)cccc2Cl)CC1. The van der Waals surface area contributed by atoms with Crippen LogP contribution in [0.25, 0.3) is 0 Å². The van der Waals surface area contributed by atoms with Crippen molar-refractivity contribution in [3.63, 3.8) is 0 Å². The molecule has 0 aliphatic carbocycles. The molecule has 0 radical (unpaired) electrons. The number of amides is 1. The Balaban J connectivity index is 1.91. The second kappa shape index (κ2) is 7.48. The van der Waals surface area contributed by atoms with E-state index in [4.69, 9.17) is 23.2 Å². The number of benzene rings is 1. The molecule has 1 aromatic carbocycles. The number of carbonyl (C=O) groups excluding carboxylic acids is 1. The molecule has 3 nitrogen and oxygen atoms in total. The Bertz CT molecular complexity index is 477. The largest absolute Gasteiger partial charge is 0.340 e. The summed E-state index contributed by atoms with van der Waals surface area (Å²) in [4.78, 5) is 16.7. The summed E-state index contributed by atoms with van der Waals surface area (Å²) in [6.45, 7) is 8.99. The lowest BCUT2D eigenvalue weighted by Gasteiger charge is -2.35. The van der Waals surface area contributed by atoms with Gasteiger partial charge in [-0.25, -0.2) is 0 Å². The molecule has 5 heteroatoms. The lowest BCUT2D eigenvalue weighted by atomic mass is 10.1. The molecular weight excluding hydrogens is 307 g/mol. The quantitative estimate of drug-likeness (QED) is 0.846. The fraction of sp³-hybridized carbons (Fsp3) is 0.562. The number of rotatable bonds is 4. The maximum Gasteiger partial charge on any atom is 0.227 e. The molecule has 1 fully saturated rings. The third kappa shape index (κ3) is 4.60. The molecule has 116 valence electrons. The van der Waals surface area contributed by atoms with E-state index in [1.54, 1.807) is 18.2 Å². The van der Waals surface area contributed by atoms with Gasteiger partial charge >= 0.3 is 0 Å². The lowest BCUT2D eigenvalue weighted by Crippen LogP contribution is -2.49. The Morgan fingerprint density at radius 2 is 1.71 bits per heavy atom. The molecule has 0 aromatic heterocycles. The number of hydrogen-bond acceptors (Lipinski definition) is 2. The van der Waals surface area contributed by atoms with E-state index in [-0.39, 0.29) is 12.3 Å². The van der Waals surface area contributed by atoms with Crippen LogP contribution in [0.2, 0.25) is 10.0 Å². The van der Waals surface area contributed by atoms with Gasteiger partial charge in [0, 0.05) is 42.8 Å². The van der Waals surface area contributed by atoms with Crippen molar-refractivity contribution in [1.29, 1.82) is 0 Å². The van der Waals surface area contributed by atoms with E-state index in [2.05, 4.69) is 18.7 Å². The van der Waals surface area contributed by atoms with E-state index in [1.807, 2.05) is 4.90 Å². The van der Waals surface area contributed by atoms with Gasteiger partial charge in [-0.15, -0.1) is 0 Å². The van der Waals surface area contributed by atoms with E-state index < -0.39 is 0 Å². The Hall–Kier alpha value is -0.770. The van der Waals surface area contributed by atoms with Crippen LogP contribution in [0.15, 0.2) is 18.2 Å². The average Bonchev–Trinajstić information content (AvgIpc) is 2.43. The first kappa shape index (κ1) is 16.6.